The summed E-state index contributed by atoms with van der Waals surface area (Å²) in [5.74, 6) is 0. The molecule has 0 aromatic rings. The van der Waals surface area contributed by atoms with Crippen LogP contribution in [0.2, 0.25) is 0 Å². The highest BCUT2D eigenvalue weighted by atomic mass is 13.8. The molecule has 0 fully saturated rings. The Bertz CT molecular complexity index is 418. The van der Waals surface area contributed by atoms with Crippen molar-refractivity contribution in [1.82, 2.24) is 0 Å². The molecule has 0 unspecified atom stereocenters. The van der Waals surface area contributed by atoms with Crippen molar-refractivity contribution in [1.29, 1.82) is 0 Å². The summed E-state index contributed by atoms with van der Waals surface area (Å²) in [6.45, 7) is 0. The van der Waals surface area contributed by atoms with Crippen LogP contribution in [-0.4, -0.2) is 0 Å². The van der Waals surface area contributed by atoms with Gasteiger partial charge < -0.3 is 0 Å². The van der Waals surface area contributed by atoms with Gasteiger partial charge in [-0.25, -0.2) is 0 Å². The van der Waals surface area contributed by atoms with E-state index in [9.17, 15) is 0 Å². The van der Waals surface area contributed by atoms with E-state index in [1.807, 2.05) is 0 Å². The normalized spacial score (nSPS) is 17.6. The van der Waals surface area contributed by atoms with Crippen molar-refractivity contribution in [3.05, 3.63) is 122 Å². The molecule has 0 aromatic carbocycles. The molecule has 5 aliphatic carbocycles. The van der Waals surface area contributed by atoms with Gasteiger partial charge in [0.05, 0.1) is 0 Å². The summed E-state index contributed by atoms with van der Waals surface area (Å²) in [4.78, 5) is 0. The first-order valence-corrected chi connectivity index (χ1v) is 9.08. The maximum absolute atomic E-state index is 2.12. The van der Waals surface area contributed by atoms with Crippen LogP contribution in [0.5, 0.6) is 0 Å². The Labute approximate surface area is 154 Å². The van der Waals surface area contributed by atoms with E-state index in [1.165, 1.54) is 0 Å². The summed E-state index contributed by atoms with van der Waals surface area (Å²) in [5, 5.41) is 0. The highest BCUT2D eigenvalue weighted by molar-refractivity contribution is 5.13. The van der Waals surface area contributed by atoms with Crippen LogP contribution in [0.1, 0.15) is 32.1 Å². The fourth-order valence-electron chi connectivity index (χ4n) is 1.96. The zero-order valence-electron chi connectivity index (χ0n) is 15.1. The molecule has 0 nitrogen and oxygen atoms in total. The Kier molecular flexibility index (Phi) is 14.5. The highest BCUT2D eigenvalue weighted by Crippen LogP contribution is 1.95. The summed E-state index contributed by atoms with van der Waals surface area (Å²) >= 11 is 0. The Morgan fingerprint density at radius 1 is 0.200 bits per heavy atom. The quantitative estimate of drug-likeness (QED) is 0.431. The van der Waals surface area contributed by atoms with Gasteiger partial charge in [-0.2, -0.15) is 0 Å². The first-order chi connectivity index (χ1) is 12.5. The second kappa shape index (κ2) is 17.7. The summed E-state index contributed by atoms with van der Waals surface area (Å²) in [7, 11) is 0. The number of hydrogen-bond donors (Lipinski definition) is 0. The third-order valence-electron chi connectivity index (χ3n) is 3.28. The Morgan fingerprint density at radius 2 is 0.320 bits per heavy atom. The molecule has 0 atom stereocenters. The predicted octanol–water partition coefficient (Wildman–Crippen LogP) is 7.51. The minimum absolute atomic E-state index is 1.14. The number of allylic oxidation sites excluding steroid dienone is 20. The Hall–Kier alpha value is -2.60. The van der Waals surface area contributed by atoms with Gasteiger partial charge in [-0.15, -0.1) is 0 Å². The molecular weight excluding hydrogens is 300 g/mol. The molecule has 0 bridgehead atoms. The van der Waals surface area contributed by atoms with E-state index in [-0.39, 0.29) is 0 Å². The van der Waals surface area contributed by atoms with E-state index in [4.69, 9.17) is 0 Å². The van der Waals surface area contributed by atoms with Gasteiger partial charge in [0.2, 0.25) is 0 Å². The maximum Gasteiger partial charge on any atom is -0.0163 e. The van der Waals surface area contributed by atoms with E-state index in [2.05, 4.69) is 122 Å². The van der Waals surface area contributed by atoms with E-state index in [0.29, 0.717) is 0 Å². The molecule has 25 heavy (non-hydrogen) atoms. The lowest BCUT2D eigenvalue weighted by Crippen LogP contribution is -1.37. The zero-order valence-corrected chi connectivity index (χ0v) is 15.1. The van der Waals surface area contributed by atoms with Crippen LogP contribution < -0.4 is 0 Å². The standard InChI is InChI=1S/5C5H6/c5*1-2-4-5-3-1/h5*1-4H,5H2. The lowest BCUT2D eigenvalue weighted by molar-refractivity contribution is 1.45. The topological polar surface area (TPSA) is 0 Å². The average molecular weight is 331 g/mol. The number of hydrogen-bond acceptors (Lipinski definition) is 0. The van der Waals surface area contributed by atoms with Gasteiger partial charge in [-0.3, -0.25) is 0 Å². The third kappa shape index (κ3) is 16.1. The smallest absolute Gasteiger partial charge is 0.0163 e. The largest absolute Gasteiger partial charge is 0.0808 e. The fourth-order valence-corrected chi connectivity index (χ4v) is 1.96. The highest BCUT2D eigenvalue weighted by Gasteiger charge is 1.74. The Morgan fingerprint density at radius 3 is 0.360 bits per heavy atom. The third-order valence-corrected chi connectivity index (χ3v) is 3.28. The number of rotatable bonds is 0. The van der Waals surface area contributed by atoms with Crippen molar-refractivity contribution in [3.63, 3.8) is 0 Å². The second-order valence-corrected chi connectivity index (χ2v) is 5.46. The van der Waals surface area contributed by atoms with Gasteiger partial charge in [0.15, 0.2) is 0 Å². The van der Waals surface area contributed by atoms with Crippen LogP contribution in [0.3, 0.4) is 0 Å². The fraction of sp³-hybridized carbons (Fsp3) is 0.200. The minimum atomic E-state index is 1.14. The monoisotopic (exact) mass is 330 g/mol. The molecule has 5 rings (SSSR count). The van der Waals surface area contributed by atoms with E-state index in [0.717, 1.165) is 32.1 Å². The minimum Gasteiger partial charge on any atom is -0.0808 e. The molecule has 130 valence electrons. The molecule has 0 amide bonds. The van der Waals surface area contributed by atoms with Gasteiger partial charge in [-0.05, 0) is 32.1 Å². The zero-order chi connectivity index (χ0) is 17.7. The molecule has 0 spiro atoms. The van der Waals surface area contributed by atoms with E-state index < -0.39 is 0 Å². The van der Waals surface area contributed by atoms with Crippen molar-refractivity contribution >= 4 is 0 Å². The summed E-state index contributed by atoms with van der Waals surface area (Å²) in [6, 6.07) is 0. The summed E-state index contributed by atoms with van der Waals surface area (Å²) in [6.07, 6.45) is 47.5. The lowest BCUT2D eigenvalue weighted by atomic mass is 10.5. The molecule has 0 heterocycles. The van der Waals surface area contributed by atoms with Gasteiger partial charge in [0, 0.05) is 0 Å². The van der Waals surface area contributed by atoms with Crippen molar-refractivity contribution in [2.24, 2.45) is 0 Å². The first kappa shape index (κ1) is 20.4. The Balaban J connectivity index is 0.000000156. The van der Waals surface area contributed by atoms with Crippen LogP contribution in [-0.2, 0) is 0 Å². The van der Waals surface area contributed by atoms with Crippen molar-refractivity contribution < 1.29 is 0 Å². The molecule has 0 radical (unpaired) electrons. The van der Waals surface area contributed by atoms with Crippen LogP contribution in [0, 0.1) is 0 Å². The SMILES string of the molecule is C1=CCC=C1.C1=CCC=C1.C1=CCC=C1.C1=CCC=C1.C1=CCC=C1. The molecule has 0 N–H and O–H groups in total. The van der Waals surface area contributed by atoms with Gasteiger partial charge in [0.25, 0.3) is 0 Å². The average Bonchev–Trinajstić information content (AvgIpc) is 3.55. The van der Waals surface area contributed by atoms with Crippen LogP contribution in [0.25, 0.3) is 0 Å². The molecule has 0 saturated heterocycles. The molecular formula is C25H30. The predicted molar refractivity (Wildman–Crippen MR) is 114 cm³/mol. The van der Waals surface area contributed by atoms with E-state index >= 15 is 0 Å². The van der Waals surface area contributed by atoms with Crippen molar-refractivity contribution in [3.8, 4) is 0 Å². The molecule has 0 aromatic heterocycles. The molecule has 0 aliphatic heterocycles. The van der Waals surface area contributed by atoms with E-state index in [1.54, 1.807) is 0 Å². The van der Waals surface area contributed by atoms with Crippen molar-refractivity contribution in [2.45, 2.75) is 32.1 Å². The van der Waals surface area contributed by atoms with Gasteiger partial charge in [-0.1, -0.05) is 122 Å². The van der Waals surface area contributed by atoms with Crippen LogP contribution >= 0.6 is 0 Å². The van der Waals surface area contributed by atoms with Crippen LogP contribution in [0.4, 0.5) is 0 Å². The van der Waals surface area contributed by atoms with Crippen molar-refractivity contribution in [2.75, 3.05) is 0 Å². The summed E-state index contributed by atoms with van der Waals surface area (Å²) < 4.78 is 0. The van der Waals surface area contributed by atoms with Crippen LogP contribution in [0.15, 0.2) is 122 Å². The maximum atomic E-state index is 2.12. The molecule has 0 heteroatoms. The van der Waals surface area contributed by atoms with Gasteiger partial charge in [0.1, 0.15) is 0 Å². The molecule has 0 saturated carbocycles. The van der Waals surface area contributed by atoms with Gasteiger partial charge >= 0.3 is 0 Å². The molecule has 5 aliphatic rings. The summed E-state index contributed by atoms with van der Waals surface area (Å²) in [5.41, 5.74) is 0. The second-order valence-electron chi connectivity index (χ2n) is 5.46. The lowest BCUT2D eigenvalue weighted by Gasteiger charge is -1.57. The first-order valence-electron chi connectivity index (χ1n) is 9.08.